The molecule has 0 radical (unpaired) electrons. The third kappa shape index (κ3) is 3.42. The molecule has 106 valence electrons. The molecule has 0 spiro atoms. The lowest BCUT2D eigenvalue weighted by atomic mass is 10.1. The van der Waals surface area contributed by atoms with Gasteiger partial charge in [0.2, 0.25) is 5.89 Å². The highest BCUT2D eigenvalue weighted by molar-refractivity contribution is 5.05. The SMILES string of the molecule is c1ccc(CCc2nc(C3CCCCCN3)no2)nc1. The molecule has 1 N–H and O–H groups in total. The summed E-state index contributed by atoms with van der Waals surface area (Å²) in [5.74, 6) is 1.51. The summed E-state index contributed by atoms with van der Waals surface area (Å²) in [5, 5.41) is 7.61. The van der Waals surface area contributed by atoms with Crippen LogP contribution in [0.4, 0.5) is 0 Å². The van der Waals surface area contributed by atoms with Crippen molar-refractivity contribution in [3.8, 4) is 0 Å². The van der Waals surface area contributed by atoms with Crippen LogP contribution in [0.2, 0.25) is 0 Å². The van der Waals surface area contributed by atoms with Gasteiger partial charge in [0.15, 0.2) is 5.82 Å². The fraction of sp³-hybridized carbons (Fsp3) is 0.533. The molecule has 0 saturated carbocycles. The number of aryl methyl sites for hydroxylation is 2. The van der Waals surface area contributed by atoms with E-state index in [4.69, 9.17) is 4.52 Å². The van der Waals surface area contributed by atoms with Crippen molar-refractivity contribution in [2.24, 2.45) is 0 Å². The topological polar surface area (TPSA) is 63.8 Å². The molecule has 2 aromatic rings. The van der Waals surface area contributed by atoms with E-state index in [1.807, 2.05) is 24.4 Å². The Kier molecular flexibility index (Phi) is 4.38. The number of nitrogens with zero attached hydrogens (tertiary/aromatic N) is 3. The number of nitrogens with one attached hydrogen (secondary N) is 1. The highest BCUT2D eigenvalue weighted by Gasteiger charge is 2.19. The van der Waals surface area contributed by atoms with Crippen molar-refractivity contribution in [3.63, 3.8) is 0 Å². The van der Waals surface area contributed by atoms with Crippen molar-refractivity contribution >= 4 is 0 Å². The molecule has 2 aromatic heterocycles. The van der Waals surface area contributed by atoms with Gasteiger partial charge in [-0.05, 0) is 37.9 Å². The Balaban J connectivity index is 1.58. The van der Waals surface area contributed by atoms with Crippen molar-refractivity contribution in [1.82, 2.24) is 20.4 Å². The van der Waals surface area contributed by atoms with Gasteiger partial charge < -0.3 is 9.84 Å². The first kappa shape index (κ1) is 13.2. The van der Waals surface area contributed by atoms with Gasteiger partial charge in [-0.3, -0.25) is 4.98 Å². The maximum Gasteiger partial charge on any atom is 0.227 e. The summed E-state index contributed by atoms with van der Waals surface area (Å²) < 4.78 is 5.35. The van der Waals surface area contributed by atoms with Crippen molar-refractivity contribution in [2.75, 3.05) is 6.54 Å². The summed E-state index contributed by atoms with van der Waals surface area (Å²) >= 11 is 0. The number of aromatic nitrogens is 3. The highest BCUT2D eigenvalue weighted by atomic mass is 16.5. The van der Waals surface area contributed by atoms with Gasteiger partial charge in [0.1, 0.15) is 0 Å². The van der Waals surface area contributed by atoms with E-state index < -0.39 is 0 Å². The maximum atomic E-state index is 5.35. The fourth-order valence-electron chi connectivity index (χ4n) is 2.54. The second kappa shape index (κ2) is 6.61. The zero-order valence-corrected chi connectivity index (χ0v) is 11.6. The number of pyridine rings is 1. The van der Waals surface area contributed by atoms with Crippen LogP contribution in [0.1, 0.15) is 49.1 Å². The van der Waals surface area contributed by atoms with Crippen LogP contribution in [0.25, 0.3) is 0 Å². The van der Waals surface area contributed by atoms with Crippen molar-refractivity contribution < 1.29 is 4.52 Å². The molecule has 0 aliphatic carbocycles. The molecule has 1 atom stereocenters. The average Bonchev–Trinajstić information content (AvgIpc) is 2.80. The fourth-order valence-corrected chi connectivity index (χ4v) is 2.54. The molecule has 3 rings (SSSR count). The second-order valence-corrected chi connectivity index (χ2v) is 5.22. The molecule has 5 nitrogen and oxygen atoms in total. The van der Waals surface area contributed by atoms with Gasteiger partial charge in [-0.1, -0.05) is 24.1 Å². The van der Waals surface area contributed by atoms with Crippen LogP contribution in [-0.4, -0.2) is 21.7 Å². The lowest BCUT2D eigenvalue weighted by Gasteiger charge is -2.09. The molecule has 5 heteroatoms. The first-order chi connectivity index (χ1) is 9.92. The Hall–Kier alpha value is -1.75. The molecule has 1 unspecified atom stereocenters. The zero-order valence-electron chi connectivity index (χ0n) is 11.6. The smallest absolute Gasteiger partial charge is 0.227 e. The standard InChI is InChI=1S/C15H20N4O/c1-2-7-13(17-11-4-1)15-18-14(20-19-15)9-8-12-6-3-5-10-16-12/h3,5-6,10,13,17H,1-2,4,7-9,11H2. The van der Waals surface area contributed by atoms with Crippen LogP contribution in [0.15, 0.2) is 28.9 Å². The van der Waals surface area contributed by atoms with Crippen LogP contribution in [0.5, 0.6) is 0 Å². The van der Waals surface area contributed by atoms with Crippen molar-refractivity contribution in [2.45, 2.75) is 44.6 Å². The van der Waals surface area contributed by atoms with Gasteiger partial charge in [-0.2, -0.15) is 4.98 Å². The van der Waals surface area contributed by atoms with E-state index in [2.05, 4.69) is 20.4 Å². The van der Waals surface area contributed by atoms with Crippen LogP contribution in [0, 0.1) is 0 Å². The Morgan fingerprint density at radius 3 is 3.10 bits per heavy atom. The van der Waals surface area contributed by atoms with Gasteiger partial charge in [0.05, 0.1) is 6.04 Å². The Labute approximate surface area is 118 Å². The maximum absolute atomic E-state index is 5.35. The molecule has 3 heterocycles. The highest BCUT2D eigenvalue weighted by Crippen LogP contribution is 2.20. The van der Waals surface area contributed by atoms with Crippen LogP contribution < -0.4 is 5.32 Å². The monoisotopic (exact) mass is 272 g/mol. The van der Waals surface area contributed by atoms with E-state index in [0.717, 1.165) is 37.3 Å². The Morgan fingerprint density at radius 2 is 2.20 bits per heavy atom. The third-order valence-electron chi connectivity index (χ3n) is 3.68. The molecule has 0 amide bonds. The molecule has 1 aliphatic heterocycles. The minimum atomic E-state index is 0.254. The van der Waals surface area contributed by atoms with E-state index in [1.165, 1.54) is 19.3 Å². The Bertz CT molecular complexity index is 518. The average molecular weight is 272 g/mol. The Morgan fingerprint density at radius 1 is 1.20 bits per heavy atom. The van der Waals surface area contributed by atoms with E-state index >= 15 is 0 Å². The van der Waals surface area contributed by atoms with Crippen LogP contribution in [-0.2, 0) is 12.8 Å². The minimum absolute atomic E-state index is 0.254. The minimum Gasteiger partial charge on any atom is -0.339 e. The van der Waals surface area contributed by atoms with Crippen molar-refractivity contribution in [3.05, 3.63) is 41.8 Å². The van der Waals surface area contributed by atoms with Gasteiger partial charge in [0.25, 0.3) is 0 Å². The van der Waals surface area contributed by atoms with E-state index in [9.17, 15) is 0 Å². The molecule has 1 aliphatic rings. The molecule has 0 aromatic carbocycles. The summed E-state index contributed by atoms with van der Waals surface area (Å²) in [6, 6.07) is 6.19. The molecular formula is C15H20N4O. The first-order valence-electron chi connectivity index (χ1n) is 7.37. The quantitative estimate of drug-likeness (QED) is 0.926. The largest absolute Gasteiger partial charge is 0.339 e. The van der Waals surface area contributed by atoms with Gasteiger partial charge in [-0.25, -0.2) is 0 Å². The lowest BCUT2D eigenvalue weighted by molar-refractivity contribution is 0.363. The summed E-state index contributed by atoms with van der Waals surface area (Å²) in [7, 11) is 0. The molecular weight excluding hydrogens is 252 g/mol. The lowest BCUT2D eigenvalue weighted by Crippen LogP contribution is -2.21. The summed E-state index contributed by atoms with van der Waals surface area (Å²) in [6.07, 6.45) is 8.24. The van der Waals surface area contributed by atoms with Crippen LogP contribution >= 0.6 is 0 Å². The van der Waals surface area contributed by atoms with E-state index in [0.29, 0.717) is 5.89 Å². The molecule has 1 saturated heterocycles. The normalized spacial score (nSPS) is 19.7. The summed E-state index contributed by atoms with van der Waals surface area (Å²) in [6.45, 7) is 1.04. The predicted octanol–water partition coefficient (Wildman–Crippen LogP) is 2.45. The van der Waals surface area contributed by atoms with E-state index in [-0.39, 0.29) is 6.04 Å². The van der Waals surface area contributed by atoms with Crippen molar-refractivity contribution in [1.29, 1.82) is 0 Å². The first-order valence-corrected chi connectivity index (χ1v) is 7.37. The summed E-state index contributed by atoms with van der Waals surface area (Å²) in [4.78, 5) is 8.82. The number of hydrogen-bond acceptors (Lipinski definition) is 5. The summed E-state index contributed by atoms with van der Waals surface area (Å²) in [5.41, 5.74) is 1.06. The molecule has 1 fully saturated rings. The second-order valence-electron chi connectivity index (χ2n) is 5.22. The third-order valence-corrected chi connectivity index (χ3v) is 3.68. The van der Waals surface area contributed by atoms with E-state index in [1.54, 1.807) is 0 Å². The van der Waals surface area contributed by atoms with Gasteiger partial charge in [-0.15, -0.1) is 0 Å². The molecule has 0 bridgehead atoms. The molecule has 20 heavy (non-hydrogen) atoms. The number of rotatable bonds is 4. The van der Waals surface area contributed by atoms with Gasteiger partial charge in [0, 0.05) is 18.3 Å². The predicted molar refractivity (Wildman–Crippen MR) is 75.2 cm³/mol. The van der Waals surface area contributed by atoms with Crippen LogP contribution in [0.3, 0.4) is 0 Å². The number of hydrogen-bond donors (Lipinski definition) is 1. The van der Waals surface area contributed by atoms with Gasteiger partial charge >= 0.3 is 0 Å². The zero-order chi connectivity index (χ0) is 13.6.